The van der Waals surface area contributed by atoms with Crippen LogP contribution in [0.15, 0.2) is 5.10 Å². The number of hydrogen-bond acceptors (Lipinski definition) is 4. The maximum atomic E-state index is 11.2. The smallest absolute Gasteiger partial charge is 0.408 e. The summed E-state index contributed by atoms with van der Waals surface area (Å²) >= 11 is 0. The molecule has 0 fully saturated rings. The van der Waals surface area contributed by atoms with Gasteiger partial charge in [0.25, 0.3) is 0 Å². The second-order valence-electron chi connectivity index (χ2n) is 3.94. The standard InChI is InChI=1S/C9H19N3O2/c1-7(6-11-10-5)12-8(13)14-9(2,3)4/h6-7,10H,1-5H3,(H,12,13)/b11-6+. The van der Waals surface area contributed by atoms with Crippen LogP contribution in [0, 0.1) is 0 Å². The van der Waals surface area contributed by atoms with Crippen LogP contribution in [0.1, 0.15) is 27.7 Å². The molecule has 5 nitrogen and oxygen atoms in total. The van der Waals surface area contributed by atoms with Gasteiger partial charge in [0.2, 0.25) is 0 Å². The molecule has 0 spiro atoms. The molecule has 0 rings (SSSR count). The zero-order chi connectivity index (χ0) is 11.2. The van der Waals surface area contributed by atoms with Crippen LogP contribution in [-0.4, -0.2) is 31.0 Å². The number of nitrogens with zero attached hydrogens (tertiary/aromatic N) is 1. The summed E-state index contributed by atoms with van der Waals surface area (Å²) in [4.78, 5) is 11.2. The van der Waals surface area contributed by atoms with Crippen molar-refractivity contribution < 1.29 is 9.53 Å². The summed E-state index contributed by atoms with van der Waals surface area (Å²) in [5, 5.41) is 6.40. The summed E-state index contributed by atoms with van der Waals surface area (Å²) < 4.78 is 5.06. The normalized spacial score (nSPS) is 13.8. The molecule has 0 saturated heterocycles. The second-order valence-corrected chi connectivity index (χ2v) is 3.94. The van der Waals surface area contributed by atoms with E-state index < -0.39 is 11.7 Å². The maximum absolute atomic E-state index is 11.2. The van der Waals surface area contributed by atoms with Crippen molar-refractivity contribution in [1.29, 1.82) is 0 Å². The fourth-order valence-electron chi connectivity index (χ4n) is 0.717. The lowest BCUT2D eigenvalue weighted by atomic mass is 10.2. The molecule has 0 aliphatic heterocycles. The SMILES string of the molecule is CN/N=C/C(C)NC(=O)OC(C)(C)C. The van der Waals surface area contributed by atoms with Crippen LogP contribution in [0.5, 0.6) is 0 Å². The Hall–Kier alpha value is -1.26. The number of hydrogen-bond donors (Lipinski definition) is 2. The van der Waals surface area contributed by atoms with E-state index >= 15 is 0 Å². The Morgan fingerprint density at radius 1 is 1.50 bits per heavy atom. The summed E-state index contributed by atoms with van der Waals surface area (Å²) in [7, 11) is 1.69. The van der Waals surface area contributed by atoms with Gasteiger partial charge in [0.05, 0.1) is 6.04 Å². The molecule has 0 aromatic carbocycles. The average molecular weight is 201 g/mol. The fraction of sp³-hybridized carbons (Fsp3) is 0.778. The van der Waals surface area contributed by atoms with Crippen LogP contribution >= 0.6 is 0 Å². The number of carbonyl (C=O) groups is 1. The van der Waals surface area contributed by atoms with E-state index in [-0.39, 0.29) is 6.04 Å². The van der Waals surface area contributed by atoms with Crippen molar-refractivity contribution in [2.24, 2.45) is 5.10 Å². The first kappa shape index (κ1) is 12.7. The third-order valence-corrected chi connectivity index (χ3v) is 1.17. The van der Waals surface area contributed by atoms with Crippen molar-refractivity contribution in [3.8, 4) is 0 Å². The van der Waals surface area contributed by atoms with E-state index in [0.29, 0.717) is 0 Å². The Balaban J connectivity index is 3.89. The molecule has 82 valence electrons. The van der Waals surface area contributed by atoms with Gasteiger partial charge >= 0.3 is 6.09 Å². The molecule has 2 N–H and O–H groups in total. The van der Waals surface area contributed by atoms with Crippen molar-refractivity contribution in [2.75, 3.05) is 7.05 Å². The van der Waals surface area contributed by atoms with Gasteiger partial charge in [-0.25, -0.2) is 4.79 Å². The molecular weight excluding hydrogens is 182 g/mol. The van der Waals surface area contributed by atoms with Crippen LogP contribution < -0.4 is 10.7 Å². The zero-order valence-corrected chi connectivity index (χ0v) is 9.42. The Morgan fingerprint density at radius 3 is 2.50 bits per heavy atom. The predicted octanol–water partition coefficient (Wildman–Crippen LogP) is 1.10. The molecule has 5 heteroatoms. The summed E-state index contributed by atoms with van der Waals surface area (Å²) in [6.45, 7) is 7.27. The molecular formula is C9H19N3O2. The molecule has 0 aliphatic rings. The van der Waals surface area contributed by atoms with Gasteiger partial charge in [-0.1, -0.05) is 0 Å². The molecule has 0 radical (unpaired) electrons. The van der Waals surface area contributed by atoms with E-state index in [2.05, 4.69) is 15.8 Å². The van der Waals surface area contributed by atoms with Gasteiger partial charge in [-0.3, -0.25) is 0 Å². The first-order valence-electron chi connectivity index (χ1n) is 4.54. The third-order valence-electron chi connectivity index (χ3n) is 1.17. The molecule has 0 bridgehead atoms. The Kier molecular flexibility index (Phi) is 4.97. The highest BCUT2D eigenvalue weighted by atomic mass is 16.6. The molecule has 0 aromatic heterocycles. The summed E-state index contributed by atoms with van der Waals surface area (Å²) in [6, 6.07) is -0.155. The van der Waals surface area contributed by atoms with Gasteiger partial charge in [-0.15, -0.1) is 0 Å². The Labute approximate surface area is 84.9 Å². The highest BCUT2D eigenvalue weighted by Gasteiger charge is 2.16. The van der Waals surface area contributed by atoms with Crippen molar-refractivity contribution in [2.45, 2.75) is 39.3 Å². The van der Waals surface area contributed by atoms with Crippen molar-refractivity contribution in [3.05, 3.63) is 0 Å². The van der Waals surface area contributed by atoms with Gasteiger partial charge in [0.1, 0.15) is 5.60 Å². The predicted molar refractivity (Wildman–Crippen MR) is 56.4 cm³/mol. The lowest BCUT2D eigenvalue weighted by molar-refractivity contribution is 0.0522. The fourth-order valence-corrected chi connectivity index (χ4v) is 0.717. The Bertz CT molecular complexity index is 209. The van der Waals surface area contributed by atoms with Crippen LogP contribution in [-0.2, 0) is 4.74 Å². The van der Waals surface area contributed by atoms with Gasteiger partial charge in [0.15, 0.2) is 0 Å². The number of nitrogens with one attached hydrogen (secondary N) is 2. The first-order valence-corrected chi connectivity index (χ1v) is 4.54. The lowest BCUT2D eigenvalue weighted by Gasteiger charge is -2.20. The van der Waals surface area contributed by atoms with Crippen molar-refractivity contribution in [3.63, 3.8) is 0 Å². The van der Waals surface area contributed by atoms with Gasteiger partial charge < -0.3 is 15.5 Å². The number of carbonyl (C=O) groups excluding carboxylic acids is 1. The van der Waals surface area contributed by atoms with E-state index in [1.165, 1.54) is 0 Å². The van der Waals surface area contributed by atoms with E-state index in [0.717, 1.165) is 0 Å². The summed E-state index contributed by atoms with van der Waals surface area (Å²) in [5.74, 6) is 0. The van der Waals surface area contributed by atoms with E-state index in [9.17, 15) is 4.79 Å². The number of ether oxygens (including phenoxy) is 1. The molecule has 1 amide bonds. The Morgan fingerprint density at radius 2 is 2.07 bits per heavy atom. The second kappa shape index (κ2) is 5.47. The number of amides is 1. The monoisotopic (exact) mass is 201 g/mol. The molecule has 14 heavy (non-hydrogen) atoms. The molecule has 1 atom stereocenters. The zero-order valence-electron chi connectivity index (χ0n) is 9.42. The molecule has 0 aliphatic carbocycles. The average Bonchev–Trinajstić information content (AvgIpc) is 1.96. The molecule has 1 unspecified atom stereocenters. The largest absolute Gasteiger partial charge is 0.444 e. The maximum Gasteiger partial charge on any atom is 0.408 e. The minimum absolute atomic E-state index is 0.155. The third kappa shape index (κ3) is 7.39. The summed E-state index contributed by atoms with van der Waals surface area (Å²) in [6.07, 6.45) is 1.15. The number of alkyl carbamates (subject to hydrolysis) is 1. The van der Waals surface area contributed by atoms with E-state index in [1.54, 1.807) is 13.3 Å². The van der Waals surface area contributed by atoms with Gasteiger partial charge in [-0.05, 0) is 27.7 Å². The topological polar surface area (TPSA) is 62.7 Å². The van der Waals surface area contributed by atoms with Gasteiger partial charge in [0, 0.05) is 13.3 Å². The lowest BCUT2D eigenvalue weighted by Crippen LogP contribution is -2.38. The first-order chi connectivity index (χ1) is 6.35. The van der Waals surface area contributed by atoms with Crippen molar-refractivity contribution >= 4 is 12.3 Å². The van der Waals surface area contributed by atoms with E-state index in [1.807, 2.05) is 27.7 Å². The van der Waals surface area contributed by atoms with Crippen molar-refractivity contribution in [1.82, 2.24) is 10.7 Å². The number of rotatable bonds is 3. The quantitative estimate of drug-likeness (QED) is 0.531. The summed E-state index contributed by atoms with van der Waals surface area (Å²) in [5.41, 5.74) is 2.13. The van der Waals surface area contributed by atoms with Gasteiger partial charge in [-0.2, -0.15) is 5.10 Å². The highest BCUT2D eigenvalue weighted by Crippen LogP contribution is 2.06. The van der Waals surface area contributed by atoms with Crippen LogP contribution in [0.3, 0.4) is 0 Å². The van der Waals surface area contributed by atoms with Crippen LogP contribution in [0.4, 0.5) is 4.79 Å². The number of hydrazone groups is 1. The van der Waals surface area contributed by atoms with Crippen LogP contribution in [0.2, 0.25) is 0 Å². The molecule has 0 heterocycles. The minimum Gasteiger partial charge on any atom is -0.444 e. The molecule has 0 saturated carbocycles. The highest BCUT2D eigenvalue weighted by molar-refractivity contribution is 5.74. The van der Waals surface area contributed by atoms with E-state index in [4.69, 9.17) is 4.74 Å². The minimum atomic E-state index is -0.468. The van der Waals surface area contributed by atoms with Crippen LogP contribution in [0.25, 0.3) is 0 Å². The molecule has 0 aromatic rings.